The molecule has 8 heteroatoms. The number of likely N-dealkylation sites (N-methyl/N-ethyl adjacent to an activating group) is 1. The number of rotatable bonds is 9. The van der Waals surface area contributed by atoms with Crippen LogP contribution in [0.2, 0.25) is 0 Å². The second-order valence-corrected chi connectivity index (χ2v) is 11.1. The third kappa shape index (κ3) is 6.04. The number of methoxy groups -OCH3 is 1. The SMILES string of the molecule is CCN(CC(=O)N1CCN(C(c2ccccc2)c2ccccc2)CC1)S(=O)(=O)c1ccc(OC)c(C)c1. The number of carbonyl (C=O) groups excluding carboxylic acids is 1. The third-order valence-electron chi connectivity index (χ3n) is 6.93. The van der Waals surface area contributed by atoms with Crippen molar-refractivity contribution in [3.05, 3.63) is 95.6 Å². The first-order valence-corrected chi connectivity index (χ1v) is 14.1. The lowest BCUT2D eigenvalue weighted by Crippen LogP contribution is -2.52. The quantitative estimate of drug-likeness (QED) is 0.427. The highest BCUT2D eigenvalue weighted by molar-refractivity contribution is 7.89. The highest BCUT2D eigenvalue weighted by atomic mass is 32.2. The fourth-order valence-electron chi connectivity index (χ4n) is 4.89. The van der Waals surface area contributed by atoms with Gasteiger partial charge in [-0.1, -0.05) is 67.6 Å². The van der Waals surface area contributed by atoms with E-state index in [1.807, 2.05) is 12.1 Å². The van der Waals surface area contributed by atoms with Crippen LogP contribution in [0.25, 0.3) is 0 Å². The Kier molecular flexibility index (Phi) is 8.63. The van der Waals surface area contributed by atoms with Crippen molar-refractivity contribution in [3.63, 3.8) is 0 Å². The highest BCUT2D eigenvalue weighted by Crippen LogP contribution is 2.29. The summed E-state index contributed by atoms with van der Waals surface area (Å²) in [4.78, 5) is 17.5. The fraction of sp³-hybridized carbons (Fsp3) is 0.345. The van der Waals surface area contributed by atoms with Gasteiger partial charge in [0.1, 0.15) is 5.75 Å². The molecule has 0 spiro atoms. The second-order valence-electron chi connectivity index (χ2n) is 9.20. The van der Waals surface area contributed by atoms with Crippen LogP contribution < -0.4 is 4.74 Å². The average Bonchev–Trinajstić information content (AvgIpc) is 2.93. The second kappa shape index (κ2) is 11.9. The Morgan fingerprint density at radius 3 is 1.97 bits per heavy atom. The van der Waals surface area contributed by atoms with Gasteiger partial charge in [0, 0.05) is 32.7 Å². The molecule has 37 heavy (non-hydrogen) atoms. The van der Waals surface area contributed by atoms with Gasteiger partial charge < -0.3 is 9.64 Å². The maximum absolute atomic E-state index is 13.3. The Bertz CT molecular complexity index is 1250. The molecule has 3 aromatic carbocycles. The smallest absolute Gasteiger partial charge is 0.243 e. The Hall–Kier alpha value is -3.20. The van der Waals surface area contributed by atoms with Crippen LogP contribution >= 0.6 is 0 Å². The number of carbonyl (C=O) groups is 1. The lowest BCUT2D eigenvalue weighted by molar-refractivity contribution is -0.133. The van der Waals surface area contributed by atoms with Crippen molar-refractivity contribution in [3.8, 4) is 5.75 Å². The van der Waals surface area contributed by atoms with E-state index in [-0.39, 0.29) is 29.9 Å². The van der Waals surface area contributed by atoms with E-state index < -0.39 is 10.0 Å². The van der Waals surface area contributed by atoms with Gasteiger partial charge in [-0.15, -0.1) is 0 Å². The van der Waals surface area contributed by atoms with Crippen LogP contribution in [0.5, 0.6) is 5.75 Å². The number of aryl methyl sites for hydroxylation is 1. The van der Waals surface area contributed by atoms with Crippen LogP contribution in [0.4, 0.5) is 0 Å². The number of amides is 1. The molecule has 1 saturated heterocycles. The van der Waals surface area contributed by atoms with Crippen LogP contribution in [-0.4, -0.2) is 74.8 Å². The lowest BCUT2D eigenvalue weighted by Gasteiger charge is -2.40. The number of benzene rings is 3. The van der Waals surface area contributed by atoms with Gasteiger partial charge in [0.15, 0.2) is 0 Å². The molecule has 1 amide bonds. The van der Waals surface area contributed by atoms with Gasteiger partial charge in [0.2, 0.25) is 15.9 Å². The largest absolute Gasteiger partial charge is 0.496 e. The minimum absolute atomic E-state index is 0.102. The zero-order valence-electron chi connectivity index (χ0n) is 21.7. The topological polar surface area (TPSA) is 70.2 Å². The minimum atomic E-state index is -3.81. The predicted octanol–water partition coefficient (Wildman–Crippen LogP) is 3.95. The number of sulfonamides is 1. The van der Waals surface area contributed by atoms with Crippen molar-refractivity contribution in [1.82, 2.24) is 14.1 Å². The van der Waals surface area contributed by atoms with Gasteiger partial charge >= 0.3 is 0 Å². The van der Waals surface area contributed by atoms with Gasteiger partial charge in [-0.25, -0.2) is 8.42 Å². The summed E-state index contributed by atoms with van der Waals surface area (Å²) >= 11 is 0. The molecular formula is C29H35N3O4S. The molecule has 7 nitrogen and oxygen atoms in total. The zero-order valence-corrected chi connectivity index (χ0v) is 22.5. The van der Waals surface area contributed by atoms with Crippen molar-refractivity contribution >= 4 is 15.9 Å². The summed E-state index contributed by atoms with van der Waals surface area (Å²) in [5.74, 6) is 0.450. The molecule has 0 atom stereocenters. The Morgan fingerprint density at radius 1 is 0.919 bits per heavy atom. The number of piperazine rings is 1. The monoisotopic (exact) mass is 521 g/mol. The van der Waals surface area contributed by atoms with E-state index in [0.29, 0.717) is 31.9 Å². The molecule has 4 rings (SSSR count). The molecule has 196 valence electrons. The Labute approximate surface area is 220 Å². The van der Waals surface area contributed by atoms with Crippen LogP contribution in [0.1, 0.15) is 29.7 Å². The first-order valence-electron chi connectivity index (χ1n) is 12.6. The fourth-order valence-corrected chi connectivity index (χ4v) is 6.38. The number of ether oxygens (including phenoxy) is 1. The van der Waals surface area contributed by atoms with Crippen molar-refractivity contribution in [2.75, 3.05) is 46.4 Å². The normalized spacial score (nSPS) is 14.8. The molecule has 1 heterocycles. The average molecular weight is 522 g/mol. The first kappa shape index (κ1) is 26.9. The van der Waals surface area contributed by atoms with Crippen molar-refractivity contribution in [2.45, 2.75) is 24.8 Å². The van der Waals surface area contributed by atoms with E-state index in [0.717, 1.165) is 5.56 Å². The Balaban J connectivity index is 1.44. The molecule has 0 N–H and O–H groups in total. The van der Waals surface area contributed by atoms with Gasteiger partial charge in [0.25, 0.3) is 0 Å². The molecule has 0 unspecified atom stereocenters. The summed E-state index contributed by atoms with van der Waals surface area (Å²) in [7, 11) is -2.26. The summed E-state index contributed by atoms with van der Waals surface area (Å²) < 4.78 is 33.1. The summed E-state index contributed by atoms with van der Waals surface area (Å²) in [5, 5.41) is 0. The number of hydrogen-bond acceptors (Lipinski definition) is 5. The predicted molar refractivity (Wildman–Crippen MR) is 145 cm³/mol. The van der Waals surface area contributed by atoms with Gasteiger partial charge in [-0.2, -0.15) is 4.31 Å². The molecule has 0 aliphatic carbocycles. The minimum Gasteiger partial charge on any atom is -0.496 e. The summed E-state index contributed by atoms with van der Waals surface area (Å²) in [6, 6.07) is 25.7. The maximum Gasteiger partial charge on any atom is 0.243 e. The van der Waals surface area contributed by atoms with Gasteiger partial charge in [0.05, 0.1) is 24.6 Å². The van der Waals surface area contributed by atoms with Crippen LogP contribution in [0.3, 0.4) is 0 Å². The Morgan fingerprint density at radius 2 is 1.49 bits per heavy atom. The molecule has 3 aromatic rings. The highest BCUT2D eigenvalue weighted by Gasteiger charge is 2.31. The van der Waals surface area contributed by atoms with E-state index in [2.05, 4.69) is 53.4 Å². The van der Waals surface area contributed by atoms with E-state index in [9.17, 15) is 13.2 Å². The van der Waals surface area contributed by atoms with Crippen molar-refractivity contribution in [2.24, 2.45) is 0 Å². The van der Waals surface area contributed by atoms with Crippen LogP contribution in [0, 0.1) is 6.92 Å². The van der Waals surface area contributed by atoms with E-state index in [4.69, 9.17) is 4.74 Å². The standard InChI is InChI=1S/C29H35N3O4S/c1-4-32(37(34,35)26-15-16-27(36-3)23(2)21-26)22-28(33)30-17-19-31(20-18-30)29(24-11-7-5-8-12-24)25-13-9-6-10-14-25/h5-16,21,29H,4,17-20,22H2,1-3H3. The lowest BCUT2D eigenvalue weighted by atomic mass is 9.96. The molecule has 0 radical (unpaired) electrons. The molecule has 0 bridgehead atoms. The van der Waals surface area contributed by atoms with Gasteiger partial charge in [-0.3, -0.25) is 9.69 Å². The van der Waals surface area contributed by atoms with Crippen LogP contribution in [-0.2, 0) is 14.8 Å². The summed E-state index contributed by atoms with van der Waals surface area (Å²) in [6.45, 7) is 6.10. The molecule has 0 saturated carbocycles. The van der Waals surface area contributed by atoms with Crippen molar-refractivity contribution in [1.29, 1.82) is 0 Å². The van der Waals surface area contributed by atoms with E-state index >= 15 is 0 Å². The van der Waals surface area contributed by atoms with Gasteiger partial charge in [-0.05, 0) is 41.8 Å². The number of hydrogen-bond donors (Lipinski definition) is 0. The molecule has 0 aromatic heterocycles. The van der Waals surface area contributed by atoms with E-state index in [1.54, 1.807) is 38.0 Å². The molecule has 1 aliphatic rings. The molecular weight excluding hydrogens is 486 g/mol. The molecule has 1 fully saturated rings. The molecule has 1 aliphatic heterocycles. The maximum atomic E-state index is 13.3. The zero-order chi connectivity index (χ0) is 26.4. The summed E-state index contributed by atoms with van der Waals surface area (Å²) in [6.07, 6.45) is 0. The van der Waals surface area contributed by atoms with Crippen molar-refractivity contribution < 1.29 is 17.9 Å². The third-order valence-corrected chi connectivity index (χ3v) is 8.85. The van der Waals surface area contributed by atoms with E-state index in [1.165, 1.54) is 21.5 Å². The first-order chi connectivity index (χ1) is 17.8. The number of nitrogens with zero attached hydrogens (tertiary/aromatic N) is 3. The summed E-state index contributed by atoms with van der Waals surface area (Å²) in [5.41, 5.74) is 3.16. The van der Waals surface area contributed by atoms with Crippen LogP contribution in [0.15, 0.2) is 83.8 Å².